The number of aryl methyl sites for hydroxylation is 1. The summed E-state index contributed by atoms with van der Waals surface area (Å²) in [4.78, 5) is 24.4. The smallest absolute Gasteiger partial charge is 0.337 e. The second kappa shape index (κ2) is 6.05. The molecule has 98 valence electrons. The normalized spacial score (nSPS) is 9.94. The lowest BCUT2D eigenvalue weighted by molar-refractivity contribution is -0.119. The predicted molar refractivity (Wildman–Crippen MR) is 70.1 cm³/mol. The number of carboxylic acid groups (broad SMARTS) is 1. The highest BCUT2D eigenvalue weighted by atomic mass is 16.4. The first-order valence-corrected chi connectivity index (χ1v) is 5.79. The topological polar surface area (TPSA) is 69.6 Å². The minimum atomic E-state index is -0.982. The van der Waals surface area contributed by atoms with E-state index in [1.165, 1.54) is 0 Å². The van der Waals surface area contributed by atoms with Crippen LogP contribution in [0.15, 0.2) is 18.2 Å². The summed E-state index contributed by atoms with van der Waals surface area (Å²) in [6.07, 6.45) is 0. The van der Waals surface area contributed by atoms with Gasteiger partial charge in [0, 0.05) is 13.6 Å². The lowest BCUT2D eigenvalue weighted by Gasteiger charge is -2.24. The third-order valence-electron chi connectivity index (χ3n) is 2.72. The fraction of sp³-hybridized carbons (Fsp3) is 0.385. The highest BCUT2D eigenvalue weighted by Gasteiger charge is 2.16. The van der Waals surface area contributed by atoms with Crippen LogP contribution in [0.1, 0.15) is 22.8 Å². The van der Waals surface area contributed by atoms with Crippen molar-refractivity contribution >= 4 is 17.6 Å². The summed E-state index contributed by atoms with van der Waals surface area (Å²) >= 11 is 0. The molecule has 18 heavy (non-hydrogen) atoms. The summed E-state index contributed by atoms with van der Waals surface area (Å²) in [5.74, 6) is -1.13. The van der Waals surface area contributed by atoms with E-state index < -0.39 is 5.97 Å². The van der Waals surface area contributed by atoms with Crippen molar-refractivity contribution in [2.24, 2.45) is 0 Å². The van der Waals surface area contributed by atoms with E-state index in [0.29, 0.717) is 12.2 Å². The monoisotopic (exact) mass is 250 g/mol. The second-order valence-electron chi connectivity index (χ2n) is 4.01. The van der Waals surface area contributed by atoms with Crippen LogP contribution in [0.3, 0.4) is 0 Å². The summed E-state index contributed by atoms with van der Waals surface area (Å²) in [6.45, 7) is 4.44. The van der Waals surface area contributed by atoms with E-state index in [2.05, 4.69) is 5.32 Å². The van der Waals surface area contributed by atoms with Crippen molar-refractivity contribution in [2.75, 3.05) is 25.0 Å². The van der Waals surface area contributed by atoms with Gasteiger partial charge in [0.1, 0.15) is 0 Å². The Kier molecular flexibility index (Phi) is 4.71. The van der Waals surface area contributed by atoms with Crippen LogP contribution in [0.5, 0.6) is 0 Å². The molecule has 1 aromatic carbocycles. The van der Waals surface area contributed by atoms with Crippen LogP contribution in [0.25, 0.3) is 0 Å². The van der Waals surface area contributed by atoms with Crippen LogP contribution in [0, 0.1) is 6.92 Å². The molecular weight excluding hydrogens is 232 g/mol. The highest BCUT2D eigenvalue weighted by Crippen LogP contribution is 2.21. The number of carbonyl (C=O) groups is 2. The van der Waals surface area contributed by atoms with Crippen molar-refractivity contribution in [1.29, 1.82) is 0 Å². The molecule has 0 aliphatic heterocycles. The van der Waals surface area contributed by atoms with Gasteiger partial charge in [-0.3, -0.25) is 4.79 Å². The van der Waals surface area contributed by atoms with E-state index in [1.807, 2.05) is 19.9 Å². The lowest BCUT2D eigenvalue weighted by Crippen LogP contribution is -2.36. The summed E-state index contributed by atoms with van der Waals surface area (Å²) < 4.78 is 0. The molecule has 1 aromatic rings. The van der Waals surface area contributed by atoms with Crippen molar-refractivity contribution in [1.82, 2.24) is 5.32 Å². The van der Waals surface area contributed by atoms with Crippen molar-refractivity contribution < 1.29 is 14.7 Å². The van der Waals surface area contributed by atoms with Gasteiger partial charge in [-0.25, -0.2) is 4.79 Å². The predicted octanol–water partition coefficient (Wildman–Crippen LogP) is 1.27. The zero-order valence-corrected chi connectivity index (χ0v) is 10.9. The Morgan fingerprint density at radius 2 is 2.06 bits per heavy atom. The number of amides is 1. The SMILES string of the molecule is CCN(CC(=O)NC)c1ccc(C)cc1C(=O)O. The molecule has 0 bridgehead atoms. The number of carbonyl (C=O) groups excluding carboxylic acids is 1. The van der Waals surface area contributed by atoms with Crippen LogP contribution >= 0.6 is 0 Å². The summed E-state index contributed by atoms with van der Waals surface area (Å²) in [5.41, 5.74) is 1.67. The molecule has 0 aromatic heterocycles. The Morgan fingerprint density at radius 1 is 1.39 bits per heavy atom. The molecule has 0 heterocycles. The maximum Gasteiger partial charge on any atom is 0.337 e. The van der Waals surface area contributed by atoms with Crippen LogP contribution in [0.4, 0.5) is 5.69 Å². The maximum atomic E-state index is 11.4. The van der Waals surface area contributed by atoms with Crippen LogP contribution < -0.4 is 10.2 Å². The third-order valence-corrected chi connectivity index (χ3v) is 2.72. The minimum absolute atomic E-state index is 0.145. The molecule has 1 amide bonds. The number of hydrogen-bond donors (Lipinski definition) is 2. The molecule has 0 atom stereocenters. The standard InChI is InChI=1S/C13H18N2O3/c1-4-15(8-12(16)14-3)11-6-5-9(2)7-10(11)13(17)18/h5-7H,4,8H2,1-3H3,(H,14,16)(H,17,18). The number of nitrogens with zero attached hydrogens (tertiary/aromatic N) is 1. The molecule has 2 N–H and O–H groups in total. The van der Waals surface area contributed by atoms with Crippen molar-refractivity contribution in [2.45, 2.75) is 13.8 Å². The van der Waals surface area contributed by atoms with Crippen LogP contribution in [0.2, 0.25) is 0 Å². The number of rotatable bonds is 5. The number of carboxylic acids is 1. The molecule has 0 fully saturated rings. The molecule has 0 spiro atoms. The number of aromatic carboxylic acids is 1. The molecule has 5 heteroatoms. The number of hydrogen-bond acceptors (Lipinski definition) is 3. The van der Waals surface area contributed by atoms with Gasteiger partial charge in [-0.2, -0.15) is 0 Å². The van der Waals surface area contributed by atoms with E-state index >= 15 is 0 Å². The van der Waals surface area contributed by atoms with Crippen LogP contribution in [-0.4, -0.2) is 37.1 Å². The fourth-order valence-corrected chi connectivity index (χ4v) is 1.72. The van der Waals surface area contributed by atoms with E-state index in [9.17, 15) is 14.7 Å². The number of benzene rings is 1. The second-order valence-corrected chi connectivity index (χ2v) is 4.01. The molecular formula is C13H18N2O3. The Bertz CT molecular complexity index is 458. The van der Waals surface area contributed by atoms with Gasteiger partial charge in [0.25, 0.3) is 0 Å². The lowest BCUT2D eigenvalue weighted by atomic mass is 10.1. The van der Waals surface area contributed by atoms with Crippen molar-refractivity contribution in [3.63, 3.8) is 0 Å². The van der Waals surface area contributed by atoms with E-state index in [4.69, 9.17) is 0 Å². The van der Waals surface area contributed by atoms with Gasteiger partial charge in [-0.1, -0.05) is 11.6 Å². The maximum absolute atomic E-state index is 11.4. The Labute approximate surface area is 106 Å². The highest BCUT2D eigenvalue weighted by molar-refractivity contribution is 5.95. The van der Waals surface area contributed by atoms with E-state index in [-0.39, 0.29) is 18.0 Å². The zero-order chi connectivity index (χ0) is 13.7. The van der Waals surface area contributed by atoms with Crippen LogP contribution in [-0.2, 0) is 4.79 Å². The molecule has 0 saturated heterocycles. The molecule has 5 nitrogen and oxygen atoms in total. The van der Waals surface area contributed by atoms with E-state index in [1.54, 1.807) is 24.1 Å². The average molecular weight is 250 g/mol. The minimum Gasteiger partial charge on any atom is -0.478 e. The fourth-order valence-electron chi connectivity index (χ4n) is 1.72. The third kappa shape index (κ3) is 3.23. The molecule has 0 aliphatic carbocycles. The van der Waals surface area contributed by atoms with Gasteiger partial charge >= 0.3 is 5.97 Å². The Hall–Kier alpha value is -2.04. The summed E-state index contributed by atoms with van der Waals surface area (Å²) in [7, 11) is 1.56. The molecule has 0 unspecified atom stereocenters. The first-order chi connectivity index (χ1) is 8.49. The molecule has 1 rings (SSSR count). The molecule has 0 radical (unpaired) electrons. The van der Waals surface area contributed by atoms with Gasteiger partial charge in [-0.15, -0.1) is 0 Å². The zero-order valence-electron chi connectivity index (χ0n) is 10.9. The number of nitrogens with one attached hydrogen (secondary N) is 1. The van der Waals surface area contributed by atoms with E-state index in [0.717, 1.165) is 5.56 Å². The Balaban J connectivity index is 3.12. The van der Waals surface area contributed by atoms with Crippen molar-refractivity contribution in [3.8, 4) is 0 Å². The van der Waals surface area contributed by atoms with Gasteiger partial charge in [0.15, 0.2) is 0 Å². The van der Waals surface area contributed by atoms with Gasteiger partial charge in [0.05, 0.1) is 17.8 Å². The van der Waals surface area contributed by atoms with Gasteiger partial charge in [-0.05, 0) is 26.0 Å². The largest absolute Gasteiger partial charge is 0.478 e. The first-order valence-electron chi connectivity index (χ1n) is 5.79. The summed E-state index contributed by atoms with van der Waals surface area (Å²) in [5, 5.41) is 11.7. The average Bonchev–Trinajstić information content (AvgIpc) is 2.35. The number of likely N-dealkylation sites (N-methyl/N-ethyl adjacent to an activating group) is 2. The Morgan fingerprint density at radius 3 is 2.56 bits per heavy atom. The van der Waals surface area contributed by atoms with Crippen molar-refractivity contribution in [3.05, 3.63) is 29.3 Å². The van der Waals surface area contributed by atoms with Gasteiger partial charge < -0.3 is 15.3 Å². The summed E-state index contributed by atoms with van der Waals surface area (Å²) in [6, 6.07) is 5.20. The number of anilines is 1. The quantitative estimate of drug-likeness (QED) is 0.825. The molecule has 0 saturated carbocycles. The molecule has 0 aliphatic rings. The first kappa shape index (κ1) is 14.0. The van der Waals surface area contributed by atoms with Gasteiger partial charge in [0.2, 0.25) is 5.91 Å².